The molecule has 29 heavy (non-hydrogen) atoms. The van der Waals surface area contributed by atoms with Crippen molar-refractivity contribution in [2.24, 2.45) is 0 Å². The Morgan fingerprint density at radius 2 is 1.59 bits per heavy atom. The maximum Gasteiger partial charge on any atom is 0.339 e. The summed E-state index contributed by atoms with van der Waals surface area (Å²) in [5.74, 6) is 2.00. The molecule has 2 heterocycles. The zero-order chi connectivity index (χ0) is 19.4. The van der Waals surface area contributed by atoms with Crippen LogP contribution in [0.5, 0.6) is 23.0 Å². The molecule has 5 rings (SSSR count). The van der Waals surface area contributed by atoms with Crippen molar-refractivity contribution < 1.29 is 28.5 Å². The van der Waals surface area contributed by atoms with Gasteiger partial charge in [-0.15, -0.1) is 12.4 Å². The van der Waals surface area contributed by atoms with Gasteiger partial charge in [-0.1, -0.05) is 6.07 Å². The molecule has 0 fully saturated rings. The highest BCUT2D eigenvalue weighted by Gasteiger charge is 2.31. The van der Waals surface area contributed by atoms with Crippen molar-refractivity contribution in [3.8, 4) is 34.1 Å². The summed E-state index contributed by atoms with van der Waals surface area (Å²) in [6.07, 6.45) is 0. The lowest BCUT2D eigenvalue weighted by Crippen LogP contribution is -2.03. The average Bonchev–Trinajstić information content (AvgIpc) is 3.34. The van der Waals surface area contributed by atoms with Crippen molar-refractivity contribution in [1.82, 2.24) is 0 Å². The first-order valence-corrected chi connectivity index (χ1v) is 8.69. The van der Waals surface area contributed by atoms with E-state index in [2.05, 4.69) is 0 Å². The molecule has 8 heteroatoms. The molecule has 0 bridgehead atoms. The second kappa shape index (κ2) is 6.93. The molecular formula is C21H18ClNO6. The number of halogens is 1. The van der Waals surface area contributed by atoms with Crippen LogP contribution in [0.3, 0.4) is 0 Å². The number of benzene rings is 3. The molecule has 0 saturated carbocycles. The molecule has 3 aromatic rings. The van der Waals surface area contributed by atoms with Crippen LogP contribution in [0.4, 0.5) is 5.69 Å². The van der Waals surface area contributed by atoms with Gasteiger partial charge in [0.05, 0.1) is 19.8 Å². The Labute approximate surface area is 172 Å². The molecule has 2 N–H and O–H groups in total. The summed E-state index contributed by atoms with van der Waals surface area (Å²) < 4.78 is 27.1. The number of carbonyl (C=O) groups excluding carboxylic acids is 1. The van der Waals surface area contributed by atoms with E-state index in [0.717, 1.165) is 21.9 Å². The Morgan fingerprint density at radius 3 is 2.31 bits per heavy atom. The molecule has 0 aromatic heterocycles. The zero-order valence-corrected chi connectivity index (χ0v) is 16.6. The van der Waals surface area contributed by atoms with Crippen LogP contribution in [0.2, 0.25) is 0 Å². The largest absolute Gasteiger partial charge is 0.493 e. The highest BCUT2D eigenvalue weighted by atomic mass is 35.5. The van der Waals surface area contributed by atoms with E-state index in [1.165, 1.54) is 0 Å². The average molecular weight is 416 g/mol. The Kier molecular flexibility index (Phi) is 4.55. The number of carbonyl (C=O) groups is 1. The summed E-state index contributed by atoms with van der Waals surface area (Å²) >= 11 is 0. The fourth-order valence-corrected chi connectivity index (χ4v) is 3.83. The van der Waals surface area contributed by atoms with Crippen LogP contribution in [-0.2, 0) is 11.3 Å². The number of ether oxygens (including phenoxy) is 5. The minimum Gasteiger partial charge on any atom is -0.493 e. The van der Waals surface area contributed by atoms with Gasteiger partial charge in [-0.05, 0) is 35.2 Å². The summed E-state index contributed by atoms with van der Waals surface area (Å²) in [6.45, 7) is 0.314. The molecule has 0 aliphatic carbocycles. The number of anilines is 1. The van der Waals surface area contributed by atoms with E-state index >= 15 is 0 Å². The Balaban J connectivity index is 0.00000205. The second-order valence-electron chi connectivity index (χ2n) is 6.54. The summed E-state index contributed by atoms with van der Waals surface area (Å²) in [6, 6.07) is 9.23. The smallest absolute Gasteiger partial charge is 0.339 e. The van der Waals surface area contributed by atoms with Crippen molar-refractivity contribution >= 4 is 34.8 Å². The third-order valence-corrected chi connectivity index (χ3v) is 5.17. The molecule has 0 spiro atoms. The molecule has 0 atom stereocenters. The van der Waals surface area contributed by atoms with Gasteiger partial charge in [0, 0.05) is 22.2 Å². The van der Waals surface area contributed by atoms with E-state index in [9.17, 15) is 4.79 Å². The van der Waals surface area contributed by atoms with Crippen molar-refractivity contribution in [3.05, 3.63) is 41.5 Å². The fourth-order valence-electron chi connectivity index (χ4n) is 3.83. The van der Waals surface area contributed by atoms with Gasteiger partial charge < -0.3 is 29.4 Å². The van der Waals surface area contributed by atoms with E-state index in [0.29, 0.717) is 39.8 Å². The summed E-state index contributed by atoms with van der Waals surface area (Å²) in [7, 11) is 3.13. The quantitative estimate of drug-likeness (QED) is 0.512. The number of hydrogen-bond donors (Lipinski definition) is 1. The highest BCUT2D eigenvalue weighted by Crippen LogP contribution is 2.47. The number of cyclic esters (lactones) is 1. The first-order valence-electron chi connectivity index (χ1n) is 8.69. The molecule has 0 amide bonds. The van der Waals surface area contributed by atoms with E-state index in [4.69, 9.17) is 29.4 Å². The fraction of sp³-hybridized carbons (Fsp3) is 0.190. The zero-order valence-electron chi connectivity index (χ0n) is 15.7. The molecule has 7 nitrogen and oxygen atoms in total. The van der Waals surface area contributed by atoms with Gasteiger partial charge in [-0.2, -0.15) is 0 Å². The lowest BCUT2D eigenvalue weighted by molar-refractivity contribution is 0.0536. The first kappa shape index (κ1) is 19.0. The lowest BCUT2D eigenvalue weighted by Gasteiger charge is -2.17. The number of hydrogen-bond acceptors (Lipinski definition) is 7. The van der Waals surface area contributed by atoms with Crippen molar-refractivity contribution in [2.45, 2.75) is 6.61 Å². The molecule has 3 aromatic carbocycles. The molecule has 0 radical (unpaired) electrons. The summed E-state index contributed by atoms with van der Waals surface area (Å²) in [4.78, 5) is 12.6. The van der Waals surface area contributed by atoms with Gasteiger partial charge >= 0.3 is 5.97 Å². The second-order valence-corrected chi connectivity index (χ2v) is 6.54. The number of rotatable bonds is 3. The van der Waals surface area contributed by atoms with E-state index in [-0.39, 0.29) is 25.8 Å². The SMILES string of the molecule is COc1cc2c(N)c3c(c(-c4ccc5c(c4)OCO5)c2cc1OC)C(=O)OC3.Cl. The number of esters is 1. The minimum atomic E-state index is -0.397. The van der Waals surface area contributed by atoms with Crippen LogP contribution in [0, 0.1) is 0 Å². The van der Waals surface area contributed by atoms with Crippen LogP contribution < -0.4 is 24.7 Å². The highest BCUT2D eigenvalue weighted by molar-refractivity contribution is 6.15. The Bertz CT molecular complexity index is 1160. The Hall–Kier alpha value is -3.32. The van der Waals surface area contributed by atoms with Gasteiger partial charge in [-0.25, -0.2) is 4.79 Å². The van der Waals surface area contributed by atoms with Crippen molar-refractivity contribution in [1.29, 1.82) is 0 Å². The van der Waals surface area contributed by atoms with E-state index < -0.39 is 5.97 Å². The maximum atomic E-state index is 12.6. The van der Waals surface area contributed by atoms with Crippen molar-refractivity contribution in [3.63, 3.8) is 0 Å². The molecule has 2 aliphatic heterocycles. The van der Waals surface area contributed by atoms with E-state index in [1.807, 2.05) is 30.3 Å². The molecule has 0 saturated heterocycles. The molecular weight excluding hydrogens is 398 g/mol. The molecule has 2 aliphatic rings. The third-order valence-electron chi connectivity index (χ3n) is 5.17. The number of nitrogens with two attached hydrogens (primary N) is 1. The van der Waals surface area contributed by atoms with Crippen LogP contribution in [0.1, 0.15) is 15.9 Å². The van der Waals surface area contributed by atoms with Crippen molar-refractivity contribution in [2.75, 3.05) is 26.7 Å². The Morgan fingerprint density at radius 1 is 0.897 bits per heavy atom. The van der Waals surface area contributed by atoms with Gasteiger partial charge in [0.1, 0.15) is 6.61 Å². The van der Waals surface area contributed by atoms with Gasteiger partial charge in [-0.3, -0.25) is 0 Å². The van der Waals surface area contributed by atoms with Crippen LogP contribution in [0.15, 0.2) is 30.3 Å². The summed E-state index contributed by atoms with van der Waals surface area (Å²) in [5, 5.41) is 1.54. The van der Waals surface area contributed by atoms with Gasteiger partial charge in [0.2, 0.25) is 6.79 Å². The van der Waals surface area contributed by atoms with Crippen LogP contribution >= 0.6 is 12.4 Å². The number of fused-ring (bicyclic) bond motifs is 3. The number of methoxy groups -OCH3 is 2. The predicted molar refractivity (Wildman–Crippen MR) is 109 cm³/mol. The molecule has 150 valence electrons. The normalized spacial score (nSPS) is 13.7. The molecule has 0 unspecified atom stereocenters. The van der Waals surface area contributed by atoms with E-state index in [1.54, 1.807) is 14.2 Å². The topological polar surface area (TPSA) is 89.2 Å². The van der Waals surface area contributed by atoms with Crippen LogP contribution in [-0.4, -0.2) is 27.0 Å². The first-order chi connectivity index (χ1) is 13.6. The monoisotopic (exact) mass is 415 g/mol. The van der Waals surface area contributed by atoms with Gasteiger partial charge in [0.15, 0.2) is 23.0 Å². The maximum absolute atomic E-state index is 12.6. The number of nitrogen functional groups attached to an aromatic ring is 1. The minimum absolute atomic E-state index is 0. The lowest BCUT2D eigenvalue weighted by atomic mass is 9.89. The van der Waals surface area contributed by atoms with Crippen LogP contribution in [0.25, 0.3) is 21.9 Å². The van der Waals surface area contributed by atoms with Gasteiger partial charge in [0.25, 0.3) is 0 Å². The third kappa shape index (κ3) is 2.69. The summed E-state index contributed by atoms with van der Waals surface area (Å²) in [5.41, 5.74) is 9.58. The predicted octanol–water partition coefficient (Wildman–Crippen LogP) is 3.93. The standard InChI is InChI=1S/C21H17NO6.ClH/c1-24-15-6-11-12(7-16(15)25-2)20(22)13-8-26-21(23)19(13)18(11)10-3-4-14-17(5-10)28-9-27-14;/h3-7H,8-9,22H2,1-2H3;1H.